The molecule has 138 valence electrons. The second-order valence-electron chi connectivity index (χ2n) is 5.71. The van der Waals surface area contributed by atoms with Crippen molar-refractivity contribution in [2.24, 2.45) is 0 Å². The first-order valence-corrected chi connectivity index (χ1v) is 9.65. The molecule has 1 aliphatic rings. The molecule has 0 saturated heterocycles. The fraction of sp³-hybridized carbons (Fsp3) is 0.278. The van der Waals surface area contributed by atoms with Crippen molar-refractivity contribution in [1.82, 2.24) is 5.32 Å². The van der Waals surface area contributed by atoms with Gasteiger partial charge in [0, 0.05) is 13.0 Å². The van der Waals surface area contributed by atoms with Gasteiger partial charge in [0.05, 0.1) is 17.8 Å². The van der Waals surface area contributed by atoms with Gasteiger partial charge in [-0.15, -0.1) is 0 Å². The van der Waals surface area contributed by atoms with Gasteiger partial charge in [-0.2, -0.15) is 0 Å². The molecule has 3 rings (SSSR count). The van der Waals surface area contributed by atoms with E-state index in [1.54, 1.807) is 24.3 Å². The van der Waals surface area contributed by atoms with Gasteiger partial charge in [-0.1, -0.05) is 6.07 Å². The normalized spacial score (nSPS) is 12.7. The van der Waals surface area contributed by atoms with Crippen LogP contribution in [-0.2, 0) is 21.2 Å². The largest absolute Gasteiger partial charge is 0.497 e. The lowest BCUT2D eigenvalue weighted by molar-refractivity contribution is -0.120. The lowest BCUT2D eigenvalue weighted by atomic mass is 10.2. The topological polar surface area (TPSA) is 90.9 Å². The lowest BCUT2D eigenvalue weighted by Gasteiger charge is -2.08. The monoisotopic (exact) mass is 377 g/mol. The van der Waals surface area contributed by atoms with Crippen LogP contribution in [0.15, 0.2) is 47.4 Å². The second-order valence-corrected chi connectivity index (χ2v) is 7.82. The van der Waals surface area contributed by atoms with E-state index in [-0.39, 0.29) is 36.3 Å². The Morgan fingerprint density at radius 1 is 1.12 bits per heavy atom. The zero-order valence-corrected chi connectivity index (χ0v) is 15.0. The quantitative estimate of drug-likeness (QED) is 0.793. The summed E-state index contributed by atoms with van der Waals surface area (Å²) < 4.78 is 40.1. The summed E-state index contributed by atoms with van der Waals surface area (Å²) in [6.45, 7) is 0.479. The Morgan fingerprint density at radius 2 is 1.85 bits per heavy atom. The molecule has 0 bridgehead atoms. The van der Waals surface area contributed by atoms with Crippen molar-refractivity contribution in [3.05, 3.63) is 48.0 Å². The highest BCUT2D eigenvalue weighted by Gasteiger charge is 2.17. The maximum Gasteiger partial charge on any atom is 0.231 e. The van der Waals surface area contributed by atoms with E-state index in [2.05, 4.69) is 5.32 Å². The van der Waals surface area contributed by atoms with Gasteiger partial charge in [-0.3, -0.25) is 4.79 Å². The highest BCUT2D eigenvalue weighted by atomic mass is 32.2. The summed E-state index contributed by atoms with van der Waals surface area (Å²) in [5, 5.41) is 2.71. The van der Waals surface area contributed by atoms with Gasteiger partial charge in [0.1, 0.15) is 5.75 Å². The fourth-order valence-electron chi connectivity index (χ4n) is 2.47. The van der Waals surface area contributed by atoms with Crippen molar-refractivity contribution < 1.29 is 27.4 Å². The lowest BCUT2D eigenvalue weighted by Crippen LogP contribution is -2.25. The van der Waals surface area contributed by atoms with E-state index in [0.717, 1.165) is 5.56 Å². The Labute approximate surface area is 151 Å². The molecule has 8 heteroatoms. The molecule has 0 fully saturated rings. The van der Waals surface area contributed by atoms with Crippen molar-refractivity contribution in [3.63, 3.8) is 0 Å². The summed E-state index contributed by atoms with van der Waals surface area (Å²) in [7, 11) is -2.02. The Morgan fingerprint density at radius 3 is 2.58 bits per heavy atom. The molecule has 7 nitrogen and oxygen atoms in total. The Bertz CT molecular complexity index is 892. The third-order valence-electron chi connectivity index (χ3n) is 3.94. The molecule has 0 saturated carbocycles. The van der Waals surface area contributed by atoms with Crippen molar-refractivity contribution in [3.8, 4) is 17.2 Å². The number of benzene rings is 2. The van der Waals surface area contributed by atoms with Crippen LogP contribution in [0.2, 0.25) is 0 Å². The molecule has 0 spiro atoms. The molecule has 1 N–H and O–H groups in total. The minimum Gasteiger partial charge on any atom is -0.497 e. The van der Waals surface area contributed by atoms with E-state index in [0.29, 0.717) is 17.2 Å². The number of amides is 1. The third kappa shape index (κ3) is 4.26. The maximum atomic E-state index is 12.3. The van der Waals surface area contributed by atoms with Gasteiger partial charge in [0.25, 0.3) is 0 Å². The SMILES string of the molecule is COc1ccc(S(=O)(=O)CCC(=O)NCc2ccc3c(c2)OCO3)cc1. The van der Waals surface area contributed by atoms with Crippen LogP contribution in [0.5, 0.6) is 17.2 Å². The van der Waals surface area contributed by atoms with E-state index in [9.17, 15) is 13.2 Å². The number of hydrogen-bond donors (Lipinski definition) is 1. The van der Waals surface area contributed by atoms with Crippen LogP contribution >= 0.6 is 0 Å². The molecule has 0 atom stereocenters. The number of hydrogen-bond acceptors (Lipinski definition) is 6. The van der Waals surface area contributed by atoms with Gasteiger partial charge in [-0.25, -0.2) is 8.42 Å². The minimum absolute atomic E-state index is 0.112. The molecular formula is C18H19NO6S. The zero-order valence-electron chi connectivity index (χ0n) is 14.2. The van der Waals surface area contributed by atoms with Crippen LogP contribution in [0.3, 0.4) is 0 Å². The van der Waals surface area contributed by atoms with Crippen molar-refractivity contribution >= 4 is 15.7 Å². The molecule has 0 aliphatic carbocycles. The Balaban J connectivity index is 1.51. The molecular weight excluding hydrogens is 358 g/mol. The van der Waals surface area contributed by atoms with Gasteiger partial charge in [-0.05, 0) is 42.0 Å². The number of nitrogens with one attached hydrogen (secondary N) is 1. The molecule has 2 aromatic carbocycles. The first kappa shape index (κ1) is 18.1. The summed E-state index contributed by atoms with van der Waals surface area (Å²) in [6.07, 6.45) is -0.112. The number of methoxy groups -OCH3 is 1. The van der Waals surface area contributed by atoms with Gasteiger partial charge < -0.3 is 19.5 Å². The van der Waals surface area contributed by atoms with Crippen LogP contribution in [0.4, 0.5) is 0 Å². The van der Waals surface area contributed by atoms with E-state index >= 15 is 0 Å². The van der Waals surface area contributed by atoms with Crippen molar-refractivity contribution in [2.75, 3.05) is 19.7 Å². The highest BCUT2D eigenvalue weighted by molar-refractivity contribution is 7.91. The van der Waals surface area contributed by atoms with Crippen LogP contribution in [-0.4, -0.2) is 34.0 Å². The van der Waals surface area contributed by atoms with E-state index in [1.807, 2.05) is 6.07 Å². The average molecular weight is 377 g/mol. The summed E-state index contributed by atoms with van der Waals surface area (Å²) >= 11 is 0. The molecule has 1 amide bonds. The van der Waals surface area contributed by atoms with Crippen LogP contribution in [0.1, 0.15) is 12.0 Å². The van der Waals surface area contributed by atoms with Gasteiger partial charge in [0.2, 0.25) is 12.7 Å². The Kier molecular flexibility index (Phi) is 5.32. The third-order valence-corrected chi connectivity index (χ3v) is 5.68. The van der Waals surface area contributed by atoms with Crippen molar-refractivity contribution in [2.45, 2.75) is 17.9 Å². The first-order valence-electron chi connectivity index (χ1n) is 8.00. The first-order chi connectivity index (χ1) is 12.5. The highest BCUT2D eigenvalue weighted by Crippen LogP contribution is 2.32. The summed E-state index contributed by atoms with van der Waals surface area (Å²) in [5.74, 6) is 1.29. The molecule has 26 heavy (non-hydrogen) atoms. The smallest absolute Gasteiger partial charge is 0.231 e. The predicted molar refractivity (Wildman–Crippen MR) is 94.1 cm³/mol. The number of carbonyl (C=O) groups excluding carboxylic acids is 1. The average Bonchev–Trinajstić information content (AvgIpc) is 3.12. The maximum absolute atomic E-state index is 12.3. The molecule has 0 aromatic heterocycles. The summed E-state index contributed by atoms with van der Waals surface area (Å²) in [6, 6.07) is 11.5. The molecule has 1 aliphatic heterocycles. The predicted octanol–water partition coefficient (Wildman–Crippen LogP) is 1.90. The fourth-order valence-corrected chi connectivity index (χ4v) is 3.71. The number of carbonyl (C=O) groups is 1. The second kappa shape index (κ2) is 7.65. The van der Waals surface area contributed by atoms with Gasteiger partial charge >= 0.3 is 0 Å². The molecule has 1 heterocycles. The number of ether oxygens (including phenoxy) is 3. The van der Waals surface area contributed by atoms with Crippen molar-refractivity contribution in [1.29, 1.82) is 0 Å². The Hall–Kier alpha value is -2.74. The standard InChI is InChI=1S/C18H19NO6S/c1-23-14-3-5-15(6-4-14)26(21,22)9-8-18(20)19-11-13-2-7-16-17(10-13)25-12-24-16/h2-7,10H,8-9,11-12H2,1H3,(H,19,20). The summed E-state index contributed by atoms with van der Waals surface area (Å²) in [5.41, 5.74) is 0.848. The van der Waals surface area contributed by atoms with Crippen LogP contribution < -0.4 is 19.5 Å². The van der Waals surface area contributed by atoms with E-state index < -0.39 is 9.84 Å². The number of fused-ring (bicyclic) bond motifs is 1. The number of rotatable bonds is 7. The van der Waals surface area contributed by atoms with E-state index in [1.165, 1.54) is 19.2 Å². The minimum atomic E-state index is -3.52. The molecule has 0 unspecified atom stereocenters. The zero-order chi connectivity index (χ0) is 18.6. The van der Waals surface area contributed by atoms with Crippen LogP contribution in [0.25, 0.3) is 0 Å². The van der Waals surface area contributed by atoms with E-state index in [4.69, 9.17) is 14.2 Å². The number of sulfone groups is 1. The van der Waals surface area contributed by atoms with Gasteiger partial charge in [0.15, 0.2) is 21.3 Å². The molecule has 0 radical (unpaired) electrons. The van der Waals surface area contributed by atoms with Crippen LogP contribution in [0, 0.1) is 0 Å². The molecule has 2 aromatic rings. The summed E-state index contributed by atoms with van der Waals surface area (Å²) in [4.78, 5) is 12.1.